The maximum atomic E-state index is 5.35. The number of aliphatic imine (C=N–C) groups is 1. The number of hydrogen-bond acceptors (Lipinski definition) is 4. The first-order chi connectivity index (χ1) is 12.1. The monoisotopic (exact) mass is 366 g/mol. The quantitative estimate of drug-likeness (QED) is 0.404. The van der Waals surface area contributed by atoms with Gasteiger partial charge in [0.15, 0.2) is 5.96 Å². The number of hydrogen-bond donors (Lipinski definition) is 1. The number of rotatable bonds is 9. The third-order valence-corrected chi connectivity index (χ3v) is 5.93. The first-order valence-corrected chi connectivity index (χ1v) is 10.5. The molecule has 0 radical (unpaired) electrons. The van der Waals surface area contributed by atoms with Crippen molar-refractivity contribution in [1.82, 2.24) is 15.2 Å². The van der Waals surface area contributed by atoms with Crippen molar-refractivity contribution >= 4 is 17.3 Å². The van der Waals surface area contributed by atoms with Crippen molar-refractivity contribution in [2.24, 2.45) is 10.9 Å². The van der Waals surface area contributed by atoms with Gasteiger partial charge >= 0.3 is 0 Å². The molecule has 1 unspecified atom stereocenters. The van der Waals surface area contributed by atoms with Gasteiger partial charge in [0.1, 0.15) is 11.1 Å². The van der Waals surface area contributed by atoms with Crippen LogP contribution in [0.2, 0.25) is 0 Å². The van der Waals surface area contributed by atoms with E-state index in [-0.39, 0.29) is 6.10 Å². The molecular formula is C19H34N4OS. The van der Waals surface area contributed by atoms with Crippen LogP contribution in [0.4, 0.5) is 0 Å². The number of nitrogens with zero attached hydrogens (tertiary/aromatic N) is 3. The van der Waals surface area contributed by atoms with Crippen molar-refractivity contribution < 1.29 is 4.74 Å². The van der Waals surface area contributed by atoms with Crippen molar-refractivity contribution in [3.8, 4) is 0 Å². The molecule has 0 bridgehead atoms. The van der Waals surface area contributed by atoms with E-state index >= 15 is 0 Å². The van der Waals surface area contributed by atoms with E-state index in [1.165, 1.54) is 38.5 Å². The van der Waals surface area contributed by atoms with Crippen LogP contribution in [-0.4, -0.2) is 43.1 Å². The van der Waals surface area contributed by atoms with Crippen LogP contribution in [-0.2, 0) is 11.3 Å². The Morgan fingerprint density at radius 1 is 1.48 bits per heavy atom. The average Bonchev–Trinajstić information content (AvgIpc) is 3.28. The highest BCUT2D eigenvalue weighted by atomic mass is 32.1. The molecule has 0 spiro atoms. The molecule has 5 nitrogen and oxygen atoms in total. The van der Waals surface area contributed by atoms with E-state index in [0.29, 0.717) is 0 Å². The van der Waals surface area contributed by atoms with E-state index in [2.05, 4.69) is 34.6 Å². The molecule has 1 aliphatic rings. The van der Waals surface area contributed by atoms with E-state index in [0.717, 1.165) is 42.2 Å². The van der Waals surface area contributed by atoms with Crippen LogP contribution in [0.25, 0.3) is 0 Å². The van der Waals surface area contributed by atoms with Gasteiger partial charge in [-0.25, -0.2) is 4.98 Å². The van der Waals surface area contributed by atoms with Crippen molar-refractivity contribution in [3.63, 3.8) is 0 Å². The van der Waals surface area contributed by atoms with E-state index < -0.39 is 0 Å². The number of thiazole rings is 1. The summed E-state index contributed by atoms with van der Waals surface area (Å²) in [5.41, 5.74) is 1.07. The van der Waals surface area contributed by atoms with Crippen LogP contribution in [0.1, 0.15) is 69.2 Å². The third-order valence-electron chi connectivity index (χ3n) is 4.87. The van der Waals surface area contributed by atoms with Crippen LogP contribution in [0.15, 0.2) is 10.4 Å². The molecule has 0 amide bonds. The molecular weight excluding hydrogens is 332 g/mol. The summed E-state index contributed by atoms with van der Waals surface area (Å²) in [6.45, 7) is 6.70. The standard InChI is InChI=1S/C19H34N4OS/c1-5-20-19(21-12-8-11-16-9-6-7-10-16)23(3)13-17-14-25-18(22-17)15(2)24-4/h14-16H,5-13H2,1-4H3,(H,20,21). The van der Waals surface area contributed by atoms with Gasteiger partial charge in [0.2, 0.25) is 0 Å². The van der Waals surface area contributed by atoms with E-state index in [1.54, 1.807) is 18.4 Å². The topological polar surface area (TPSA) is 49.8 Å². The highest BCUT2D eigenvalue weighted by molar-refractivity contribution is 7.09. The molecule has 0 saturated heterocycles. The van der Waals surface area contributed by atoms with Gasteiger partial charge in [-0.3, -0.25) is 4.99 Å². The SMILES string of the molecule is CCNC(=NCCCC1CCCC1)N(C)Cc1csc(C(C)OC)n1. The summed E-state index contributed by atoms with van der Waals surface area (Å²) in [5.74, 6) is 1.93. The number of guanidine groups is 1. The molecule has 1 heterocycles. The van der Waals surface area contributed by atoms with E-state index in [9.17, 15) is 0 Å². The molecule has 1 N–H and O–H groups in total. The number of methoxy groups -OCH3 is 1. The molecule has 142 valence electrons. The molecule has 1 fully saturated rings. The van der Waals surface area contributed by atoms with Gasteiger partial charge in [-0.1, -0.05) is 25.7 Å². The molecule has 6 heteroatoms. The van der Waals surface area contributed by atoms with Gasteiger partial charge < -0.3 is 15.0 Å². The minimum atomic E-state index is 0.0570. The lowest BCUT2D eigenvalue weighted by Crippen LogP contribution is -2.38. The Bertz CT molecular complexity index is 525. The zero-order valence-corrected chi connectivity index (χ0v) is 17.1. The lowest BCUT2D eigenvalue weighted by atomic mass is 10.0. The summed E-state index contributed by atoms with van der Waals surface area (Å²) in [6, 6.07) is 0. The second-order valence-corrected chi connectivity index (χ2v) is 7.83. The number of nitrogens with one attached hydrogen (secondary N) is 1. The molecule has 1 atom stereocenters. The third kappa shape index (κ3) is 6.59. The molecule has 2 rings (SSSR count). The van der Waals surface area contributed by atoms with Crippen molar-refractivity contribution in [2.75, 3.05) is 27.2 Å². The summed E-state index contributed by atoms with van der Waals surface area (Å²) in [7, 11) is 3.80. The van der Waals surface area contributed by atoms with Gasteiger partial charge in [0.05, 0.1) is 12.2 Å². The Morgan fingerprint density at radius 3 is 2.92 bits per heavy atom. The normalized spacial score (nSPS) is 17.0. The fourth-order valence-corrected chi connectivity index (χ4v) is 4.18. The highest BCUT2D eigenvalue weighted by Crippen LogP contribution is 2.28. The minimum Gasteiger partial charge on any atom is -0.375 e. The Labute approximate surface area is 156 Å². The van der Waals surface area contributed by atoms with Crippen molar-refractivity contribution in [2.45, 2.75) is 65.0 Å². The van der Waals surface area contributed by atoms with Gasteiger partial charge in [-0.05, 0) is 32.6 Å². The fourth-order valence-electron chi connectivity index (χ4n) is 3.33. The highest BCUT2D eigenvalue weighted by Gasteiger charge is 2.15. The number of aromatic nitrogens is 1. The molecule has 1 aromatic rings. The molecule has 1 saturated carbocycles. The Morgan fingerprint density at radius 2 is 2.24 bits per heavy atom. The molecule has 0 aromatic carbocycles. The molecule has 1 aromatic heterocycles. The van der Waals surface area contributed by atoms with Gasteiger partial charge in [0, 0.05) is 32.6 Å². The van der Waals surface area contributed by atoms with Crippen molar-refractivity contribution in [1.29, 1.82) is 0 Å². The minimum absolute atomic E-state index is 0.0570. The Kier molecular flexibility index (Phi) is 8.68. The smallest absolute Gasteiger partial charge is 0.194 e. The summed E-state index contributed by atoms with van der Waals surface area (Å²) >= 11 is 1.66. The first-order valence-electron chi connectivity index (χ1n) is 9.60. The van der Waals surface area contributed by atoms with Gasteiger partial charge in [0.25, 0.3) is 0 Å². The maximum Gasteiger partial charge on any atom is 0.194 e. The van der Waals surface area contributed by atoms with E-state index in [1.807, 2.05) is 6.92 Å². The van der Waals surface area contributed by atoms with Crippen LogP contribution in [0, 0.1) is 5.92 Å². The van der Waals surface area contributed by atoms with Crippen LogP contribution >= 0.6 is 11.3 Å². The van der Waals surface area contributed by atoms with Crippen LogP contribution in [0.5, 0.6) is 0 Å². The maximum absolute atomic E-state index is 5.35. The Balaban J connectivity index is 1.84. The summed E-state index contributed by atoms with van der Waals surface area (Å²) in [5, 5.41) is 6.55. The summed E-state index contributed by atoms with van der Waals surface area (Å²) < 4.78 is 5.35. The molecule has 0 aliphatic heterocycles. The first kappa shape index (κ1) is 20.2. The fraction of sp³-hybridized carbons (Fsp3) is 0.789. The predicted molar refractivity (Wildman–Crippen MR) is 106 cm³/mol. The zero-order valence-electron chi connectivity index (χ0n) is 16.3. The van der Waals surface area contributed by atoms with Gasteiger partial charge in [-0.2, -0.15) is 0 Å². The average molecular weight is 367 g/mol. The predicted octanol–water partition coefficient (Wildman–Crippen LogP) is 4.22. The van der Waals surface area contributed by atoms with E-state index in [4.69, 9.17) is 9.73 Å². The lowest BCUT2D eigenvalue weighted by Gasteiger charge is -2.21. The second kappa shape index (κ2) is 10.8. The largest absolute Gasteiger partial charge is 0.375 e. The van der Waals surface area contributed by atoms with Gasteiger partial charge in [-0.15, -0.1) is 11.3 Å². The number of ether oxygens (including phenoxy) is 1. The zero-order chi connectivity index (χ0) is 18.1. The second-order valence-electron chi connectivity index (χ2n) is 6.94. The van der Waals surface area contributed by atoms with Crippen LogP contribution in [0.3, 0.4) is 0 Å². The lowest BCUT2D eigenvalue weighted by molar-refractivity contribution is 0.119. The molecule has 25 heavy (non-hydrogen) atoms. The Hall–Kier alpha value is -1.14. The van der Waals surface area contributed by atoms with Crippen LogP contribution < -0.4 is 5.32 Å². The van der Waals surface area contributed by atoms with Crippen molar-refractivity contribution in [3.05, 3.63) is 16.1 Å². The summed E-state index contributed by atoms with van der Waals surface area (Å²) in [6.07, 6.45) is 8.29. The molecule has 1 aliphatic carbocycles. The summed E-state index contributed by atoms with van der Waals surface area (Å²) in [4.78, 5) is 11.7.